The highest BCUT2D eigenvalue weighted by Gasteiger charge is 2.16. The molecule has 0 atom stereocenters. The normalized spacial score (nSPS) is 12.3. The quantitative estimate of drug-likeness (QED) is 0.768. The maximum atomic E-state index is 12.7. The average Bonchev–Trinajstić information content (AvgIpc) is 2.73. The van der Waals surface area contributed by atoms with E-state index in [2.05, 4.69) is 15.3 Å². The molecule has 136 valence electrons. The predicted molar refractivity (Wildman–Crippen MR) is 102 cm³/mol. The Kier molecular flexibility index (Phi) is 4.57. The Morgan fingerprint density at radius 3 is 2.59 bits per heavy atom. The van der Waals surface area contributed by atoms with Crippen LogP contribution in [0.25, 0.3) is 0 Å². The summed E-state index contributed by atoms with van der Waals surface area (Å²) in [7, 11) is 1.72. The second kappa shape index (κ2) is 7.33. The first kappa shape index (κ1) is 16.8. The summed E-state index contributed by atoms with van der Waals surface area (Å²) in [6, 6.07) is 16.6. The van der Waals surface area contributed by atoms with Gasteiger partial charge < -0.3 is 19.7 Å². The highest BCUT2D eigenvalue weighted by molar-refractivity contribution is 6.04. The summed E-state index contributed by atoms with van der Waals surface area (Å²) >= 11 is 0. The summed E-state index contributed by atoms with van der Waals surface area (Å²) in [5.74, 6) is 1.70. The van der Waals surface area contributed by atoms with E-state index >= 15 is 0 Å². The molecule has 1 aliphatic heterocycles. The molecule has 0 fully saturated rings. The van der Waals surface area contributed by atoms with Gasteiger partial charge in [-0.2, -0.15) is 0 Å². The van der Waals surface area contributed by atoms with Crippen molar-refractivity contribution < 1.29 is 14.3 Å². The topological polar surface area (TPSA) is 76.6 Å². The molecule has 1 aliphatic rings. The van der Waals surface area contributed by atoms with Crippen molar-refractivity contribution in [2.75, 3.05) is 30.5 Å². The standard InChI is InChI=1S/C20H18N4O3/c1-24(15-5-3-2-4-6-15)20(25)16-12-19(22-13-21-16)23-14-7-8-17-18(11-14)27-10-9-26-17/h2-8,11-13H,9-10H2,1H3,(H,21,22,23). The summed E-state index contributed by atoms with van der Waals surface area (Å²) in [6.45, 7) is 1.07. The number of amides is 1. The van der Waals surface area contributed by atoms with Crippen LogP contribution in [-0.2, 0) is 0 Å². The number of ether oxygens (including phenoxy) is 2. The molecule has 2 heterocycles. The van der Waals surface area contributed by atoms with E-state index in [9.17, 15) is 4.79 Å². The maximum Gasteiger partial charge on any atom is 0.276 e. The van der Waals surface area contributed by atoms with Gasteiger partial charge in [0.2, 0.25) is 0 Å². The van der Waals surface area contributed by atoms with Gasteiger partial charge in [0.25, 0.3) is 5.91 Å². The van der Waals surface area contributed by atoms with Crippen LogP contribution in [0.3, 0.4) is 0 Å². The summed E-state index contributed by atoms with van der Waals surface area (Å²) in [6.07, 6.45) is 1.37. The molecule has 7 nitrogen and oxygen atoms in total. The first-order valence-corrected chi connectivity index (χ1v) is 8.52. The number of aromatic nitrogens is 2. The van der Waals surface area contributed by atoms with E-state index in [1.165, 1.54) is 6.33 Å². The molecule has 0 saturated heterocycles. The van der Waals surface area contributed by atoms with Crippen molar-refractivity contribution in [1.82, 2.24) is 9.97 Å². The van der Waals surface area contributed by atoms with Crippen molar-refractivity contribution in [3.63, 3.8) is 0 Å². The highest BCUT2D eigenvalue weighted by Crippen LogP contribution is 2.33. The number of benzene rings is 2. The van der Waals surface area contributed by atoms with E-state index in [1.807, 2.05) is 48.5 Å². The molecule has 0 radical (unpaired) electrons. The number of hydrogen-bond donors (Lipinski definition) is 1. The van der Waals surface area contributed by atoms with Crippen LogP contribution in [0, 0.1) is 0 Å². The third-order valence-electron chi connectivity index (χ3n) is 4.15. The molecule has 4 rings (SSSR count). The molecular formula is C20H18N4O3. The first-order valence-electron chi connectivity index (χ1n) is 8.52. The van der Waals surface area contributed by atoms with E-state index in [0.717, 1.165) is 17.1 Å². The average molecular weight is 362 g/mol. The number of anilines is 3. The number of carbonyl (C=O) groups excluding carboxylic acids is 1. The minimum absolute atomic E-state index is 0.214. The van der Waals surface area contributed by atoms with Gasteiger partial charge >= 0.3 is 0 Å². The number of nitrogens with one attached hydrogen (secondary N) is 1. The molecule has 0 aliphatic carbocycles. The Bertz CT molecular complexity index is 962. The largest absolute Gasteiger partial charge is 0.486 e. The van der Waals surface area contributed by atoms with Gasteiger partial charge in [0, 0.05) is 30.6 Å². The van der Waals surface area contributed by atoms with E-state index in [4.69, 9.17) is 9.47 Å². The molecule has 0 saturated carbocycles. The van der Waals surface area contributed by atoms with Gasteiger partial charge in [0.1, 0.15) is 31.1 Å². The van der Waals surface area contributed by atoms with Crippen molar-refractivity contribution in [3.8, 4) is 11.5 Å². The Hall–Kier alpha value is -3.61. The van der Waals surface area contributed by atoms with Crippen LogP contribution >= 0.6 is 0 Å². The van der Waals surface area contributed by atoms with Gasteiger partial charge in [-0.25, -0.2) is 9.97 Å². The second-order valence-corrected chi connectivity index (χ2v) is 5.97. The second-order valence-electron chi connectivity index (χ2n) is 5.97. The van der Waals surface area contributed by atoms with Crippen LogP contribution in [0.5, 0.6) is 11.5 Å². The van der Waals surface area contributed by atoms with Crippen molar-refractivity contribution >= 4 is 23.1 Å². The van der Waals surface area contributed by atoms with Crippen LogP contribution in [-0.4, -0.2) is 36.1 Å². The van der Waals surface area contributed by atoms with Crippen molar-refractivity contribution in [3.05, 3.63) is 66.6 Å². The fourth-order valence-electron chi connectivity index (χ4n) is 2.75. The molecule has 3 aromatic rings. The summed E-state index contributed by atoms with van der Waals surface area (Å²) in [5, 5.41) is 3.17. The van der Waals surface area contributed by atoms with Crippen LogP contribution < -0.4 is 19.7 Å². The Labute approximate surface area is 156 Å². The van der Waals surface area contributed by atoms with Gasteiger partial charge in [-0.05, 0) is 24.3 Å². The number of nitrogens with zero attached hydrogens (tertiary/aromatic N) is 3. The Morgan fingerprint density at radius 2 is 1.78 bits per heavy atom. The predicted octanol–water partition coefficient (Wildman–Crippen LogP) is 3.27. The zero-order valence-corrected chi connectivity index (χ0v) is 14.8. The molecule has 0 bridgehead atoms. The van der Waals surface area contributed by atoms with Gasteiger partial charge in [0.15, 0.2) is 11.5 Å². The van der Waals surface area contributed by atoms with E-state index in [1.54, 1.807) is 18.0 Å². The van der Waals surface area contributed by atoms with E-state index < -0.39 is 0 Å². The summed E-state index contributed by atoms with van der Waals surface area (Å²) < 4.78 is 11.1. The number of para-hydroxylation sites is 1. The number of hydrogen-bond acceptors (Lipinski definition) is 6. The van der Waals surface area contributed by atoms with E-state index in [-0.39, 0.29) is 5.91 Å². The molecule has 2 aromatic carbocycles. The Balaban J connectivity index is 1.53. The fourth-order valence-corrected chi connectivity index (χ4v) is 2.75. The summed E-state index contributed by atoms with van der Waals surface area (Å²) in [4.78, 5) is 22.6. The van der Waals surface area contributed by atoms with Crippen LogP contribution in [0.4, 0.5) is 17.2 Å². The van der Waals surface area contributed by atoms with Gasteiger partial charge in [-0.15, -0.1) is 0 Å². The van der Waals surface area contributed by atoms with E-state index in [0.29, 0.717) is 30.5 Å². The van der Waals surface area contributed by atoms with Gasteiger partial charge in [-0.3, -0.25) is 4.79 Å². The minimum Gasteiger partial charge on any atom is -0.486 e. The molecule has 27 heavy (non-hydrogen) atoms. The van der Waals surface area contributed by atoms with Crippen LogP contribution in [0.1, 0.15) is 10.5 Å². The van der Waals surface area contributed by atoms with Crippen LogP contribution in [0.2, 0.25) is 0 Å². The summed E-state index contributed by atoms with van der Waals surface area (Å²) in [5.41, 5.74) is 1.88. The SMILES string of the molecule is CN(C(=O)c1cc(Nc2ccc3c(c2)OCCO3)ncn1)c1ccccc1. The molecule has 1 N–H and O–H groups in total. The van der Waals surface area contributed by atoms with Gasteiger partial charge in [-0.1, -0.05) is 18.2 Å². The van der Waals surface area contributed by atoms with Crippen molar-refractivity contribution in [2.45, 2.75) is 0 Å². The molecule has 0 unspecified atom stereocenters. The third kappa shape index (κ3) is 3.67. The lowest BCUT2D eigenvalue weighted by Gasteiger charge is -2.19. The zero-order valence-electron chi connectivity index (χ0n) is 14.8. The number of fused-ring (bicyclic) bond motifs is 1. The smallest absolute Gasteiger partial charge is 0.276 e. The lowest BCUT2D eigenvalue weighted by Crippen LogP contribution is -2.27. The Morgan fingerprint density at radius 1 is 1.00 bits per heavy atom. The third-order valence-corrected chi connectivity index (χ3v) is 4.15. The molecule has 1 amide bonds. The number of carbonyl (C=O) groups is 1. The molecule has 7 heteroatoms. The van der Waals surface area contributed by atoms with Gasteiger partial charge in [0.05, 0.1) is 0 Å². The van der Waals surface area contributed by atoms with Crippen LogP contribution in [0.15, 0.2) is 60.9 Å². The molecular weight excluding hydrogens is 344 g/mol. The number of rotatable bonds is 4. The monoisotopic (exact) mass is 362 g/mol. The fraction of sp³-hybridized carbons (Fsp3) is 0.150. The highest BCUT2D eigenvalue weighted by atomic mass is 16.6. The van der Waals surface area contributed by atoms with Crippen molar-refractivity contribution in [1.29, 1.82) is 0 Å². The van der Waals surface area contributed by atoms with Crippen molar-refractivity contribution in [2.24, 2.45) is 0 Å². The first-order chi connectivity index (χ1) is 13.2. The lowest BCUT2D eigenvalue weighted by atomic mass is 10.2. The zero-order chi connectivity index (χ0) is 18.6. The maximum absolute atomic E-state index is 12.7. The lowest BCUT2D eigenvalue weighted by molar-refractivity contribution is 0.0988. The molecule has 0 spiro atoms. The minimum atomic E-state index is -0.214. The molecule has 1 aromatic heterocycles.